The van der Waals surface area contributed by atoms with Crippen molar-refractivity contribution in [3.8, 4) is 0 Å². The van der Waals surface area contributed by atoms with Crippen LogP contribution >= 0.6 is 0 Å². The Morgan fingerprint density at radius 3 is 2.25 bits per heavy atom. The van der Waals surface area contributed by atoms with E-state index >= 15 is 0 Å². The van der Waals surface area contributed by atoms with Gasteiger partial charge >= 0.3 is 11.9 Å². The van der Waals surface area contributed by atoms with Crippen molar-refractivity contribution in [3.63, 3.8) is 0 Å². The fourth-order valence-electron chi connectivity index (χ4n) is 2.08. The van der Waals surface area contributed by atoms with Gasteiger partial charge in [-0.05, 0) is 25.7 Å². The van der Waals surface area contributed by atoms with Crippen LogP contribution in [-0.2, 0) is 19.1 Å². The van der Waals surface area contributed by atoms with E-state index < -0.39 is 0 Å². The Kier molecular flexibility index (Phi) is 9.09. The molecule has 1 rings (SSSR count). The molecule has 0 heterocycles. The van der Waals surface area contributed by atoms with Crippen LogP contribution in [0.5, 0.6) is 0 Å². The zero-order chi connectivity index (χ0) is 14.6. The molecule has 0 aromatic heterocycles. The van der Waals surface area contributed by atoms with E-state index in [1.54, 1.807) is 0 Å². The molecule has 0 bridgehead atoms. The average molecular weight is 284 g/mol. The van der Waals surface area contributed by atoms with Gasteiger partial charge in [0.05, 0.1) is 19.4 Å². The fourth-order valence-corrected chi connectivity index (χ4v) is 2.08. The second-order valence-corrected chi connectivity index (χ2v) is 5.53. The zero-order valence-corrected chi connectivity index (χ0v) is 12.7. The minimum atomic E-state index is -0.288. The van der Waals surface area contributed by atoms with Crippen LogP contribution in [0.2, 0.25) is 0 Å². The Balaban J connectivity index is 1.88. The van der Waals surface area contributed by atoms with E-state index in [1.807, 2.05) is 0 Å². The van der Waals surface area contributed by atoms with Crippen molar-refractivity contribution in [2.24, 2.45) is 0 Å². The molecule has 0 saturated heterocycles. The van der Waals surface area contributed by atoms with Crippen LogP contribution in [0.4, 0.5) is 0 Å². The lowest BCUT2D eigenvalue weighted by Crippen LogP contribution is -2.25. The molecule has 1 aliphatic carbocycles. The lowest BCUT2D eigenvalue weighted by molar-refractivity contribution is -0.156. The normalized spacial score (nSPS) is 14.7. The average Bonchev–Trinajstić information content (AvgIpc) is 2.39. The second kappa shape index (κ2) is 10.7. The molecule has 0 aliphatic heterocycles. The molecule has 4 nitrogen and oxygen atoms in total. The first-order valence-corrected chi connectivity index (χ1v) is 8.07. The summed E-state index contributed by atoms with van der Waals surface area (Å²) in [6.45, 7) is 2.67. The highest BCUT2D eigenvalue weighted by molar-refractivity contribution is 5.77. The number of carbonyl (C=O) groups is 2. The molecule has 0 unspecified atom stereocenters. The maximum absolute atomic E-state index is 11.4. The molecule has 20 heavy (non-hydrogen) atoms. The van der Waals surface area contributed by atoms with Crippen LogP contribution < -0.4 is 0 Å². The first-order valence-electron chi connectivity index (χ1n) is 8.07. The number of esters is 2. The van der Waals surface area contributed by atoms with E-state index in [2.05, 4.69) is 6.92 Å². The molecule has 116 valence electrons. The van der Waals surface area contributed by atoms with Gasteiger partial charge in [-0.1, -0.05) is 39.0 Å². The van der Waals surface area contributed by atoms with Gasteiger partial charge in [0, 0.05) is 0 Å². The highest BCUT2D eigenvalue weighted by Gasteiger charge is 2.21. The SMILES string of the molecule is CCCCCCCCOC(=O)CCC(=O)OC1CCC1. The van der Waals surface area contributed by atoms with Crippen LogP contribution in [0.3, 0.4) is 0 Å². The molecule has 0 atom stereocenters. The molecule has 1 fully saturated rings. The van der Waals surface area contributed by atoms with Crippen molar-refractivity contribution < 1.29 is 19.1 Å². The molecule has 0 N–H and O–H groups in total. The maximum Gasteiger partial charge on any atom is 0.306 e. The summed E-state index contributed by atoms with van der Waals surface area (Å²) >= 11 is 0. The fraction of sp³-hybridized carbons (Fsp3) is 0.875. The van der Waals surface area contributed by atoms with Gasteiger partial charge in [-0.3, -0.25) is 9.59 Å². The maximum atomic E-state index is 11.4. The number of carbonyl (C=O) groups excluding carboxylic acids is 2. The Morgan fingerprint density at radius 2 is 1.60 bits per heavy atom. The minimum Gasteiger partial charge on any atom is -0.466 e. The third-order valence-corrected chi connectivity index (χ3v) is 3.64. The van der Waals surface area contributed by atoms with Crippen molar-refractivity contribution in [1.29, 1.82) is 0 Å². The first-order chi connectivity index (χ1) is 9.72. The third kappa shape index (κ3) is 8.18. The van der Waals surface area contributed by atoms with Gasteiger partial charge in [-0.15, -0.1) is 0 Å². The Bertz CT molecular complexity index is 284. The molecular formula is C16H28O4. The summed E-state index contributed by atoms with van der Waals surface area (Å²) in [5.41, 5.74) is 0. The number of ether oxygens (including phenoxy) is 2. The predicted molar refractivity (Wildman–Crippen MR) is 77.3 cm³/mol. The molecule has 0 radical (unpaired) electrons. The minimum absolute atomic E-state index is 0.0987. The van der Waals surface area contributed by atoms with Gasteiger partial charge in [0.2, 0.25) is 0 Å². The van der Waals surface area contributed by atoms with Gasteiger partial charge in [0.1, 0.15) is 6.10 Å². The third-order valence-electron chi connectivity index (χ3n) is 3.64. The van der Waals surface area contributed by atoms with Crippen LogP contribution in [0.25, 0.3) is 0 Å². The molecule has 0 spiro atoms. The van der Waals surface area contributed by atoms with Crippen molar-refractivity contribution in [1.82, 2.24) is 0 Å². The van der Waals surface area contributed by atoms with E-state index in [1.165, 1.54) is 25.7 Å². The second-order valence-electron chi connectivity index (χ2n) is 5.53. The van der Waals surface area contributed by atoms with Crippen LogP contribution in [0.15, 0.2) is 0 Å². The zero-order valence-electron chi connectivity index (χ0n) is 12.7. The van der Waals surface area contributed by atoms with Gasteiger partial charge in [-0.25, -0.2) is 0 Å². The number of hydrogen-bond donors (Lipinski definition) is 0. The van der Waals surface area contributed by atoms with E-state index in [0.29, 0.717) is 6.61 Å². The van der Waals surface area contributed by atoms with Gasteiger partial charge in [-0.2, -0.15) is 0 Å². The highest BCUT2D eigenvalue weighted by Crippen LogP contribution is 2.22. The van der Waals surface area contributed by atoms with Crippen LogP contribution in [0.1, 0.15) is 77.6 Å². The van der Waals surface area contributed by atoms with E-state index in [9.17, 15) is 9.59 Å². The van der Waals surface area contributed by atoms with Crippen molar-refractivity contribution in [2.45, 2.75) is 83.7 Å². The smallest absolute Gasteiger partial charge is 0.306 e. The summed E-state index contributed by atoms with van der Waals surface area (Å²) in [6, 6.07) is 0. The van der Waals surface area contributed by atoms with Gasteiger partial charge in [0.25, 0.3) is 0 Å². The van der Waals surface area contributed by atoms with Crippen LogP contribution in [0, 0.1) is 0 Å². The summed E-state index contributed by atoms with van der Waals surface area (Å²) in [5.74, 6) is -0.560. The molecule has 0 amide bonds. The Morgan fingerprint density at radius 1 is 0.950 bits per heavy atom. The highest BCUT2D eigenvalue weighted by atomic mass is 16.5. The lowest BCUT2D eigenvalue weighted by Gasteiger charge is -2.24. The number of rotatable bonds is 11. The molecular weight excluding hydrogens is 256 g/mol. The quantitative estimate of drug-likeness (QED) is 0.428. The van der Waals surface area contributed by atoms with Crippen molar-refractivity contribution in [2.75, 3.05) is 6.61 Å². The van der Waals surface area contributed by atoms with Crippen molar-refractivity contribution >= 4 is 11.9 Å². The summed E-state index contributed by atoms with van der Waals surface area (Å²) < 4.78 is 10.3. The van der Waals surface area contributed by atoms with E-state index in [-0.39, 0.29) is 30.9 Å². The summed E-state index contributed by atoms with van der Waals surface area (Å²) in [7, 11) is 0. The predicted octanol–water partition coefficient (Wildman–Crippen LogP) is 3.77. The largest absolute Gasteiger partial charge is 0.466 e. The summed E-state index contributed by atoms with van der Waals surface area (Å²) in [6.07, 6.45) is 10.5. The standard InChI is InChI=1S/C16H28O4/c1-2-3-4-5-6-7-13-19-15(17)11-12-16(18)20-14-9-8-10-14/h14H,2-13H2,1H3. The topological polar surface area (TPSA) is 52.6 Å². The van der Waals surface area contributed by atoms with E-state index in [4.69, 9.17) is 9.47 Å². The van der Waals surface area contributed by atoms with Crippen molar-refractivity contribution in [3.05, 3.63) is 0 Å². The van der Waals surface area contributed by atoms with Gasteiger partial charge < -0.3 is 9.47 Å². The molecule has 1 aliphatic rings. The molecule has 0 aromatic rings. The molecule has 1 saturated carbocycles. The van der Waals surface area contributed by atoms with Gasteiger partial charge in [0.15, 0.2) is 0 Å². The van der Waals surface area contributed by atoms with E-state index in [0.717, 1.165) is 32.1 Å². The summed E-state index contributed by atoms with van der Waals surface area (Å²) in [4.78, 5) is 22.8. The molecule has 4 heteroatoms. The van der Waals surface area contributed by atoms with Crippen LogP contribution in [-0.4, -0.2) is 24.6 Å². The first kappa shape index (κ1) is 17.0. The summed E-state index contributed by atoms with van der Waals surface area (Å²) in [5, 5.41) is 0. The number of unbranched alkanes of at least 4 members (excludes halogenated alkanes) is 5. The Hall–Kier alpha value is -1.06. The monoisotopic (exact) mass is 284 g/mol. The molecule has 0 aromatic carbocycles. The Labute approximate surface area is 122 Å². The number of hydrogen-bond acceptors (Lipinski definition) is 4. The lowest BCUT2D eigenvalue weighted by atomic mass is 9.96.